The second-order valence-corrected chi connectivity index (χ2v) is 8.23. The van der Waals surface area contributed by atoms with E-state index in [0.717, 1.165) is 11.1 Å². The van der Waals surface area contributed by atoms with Crippen LogP contribution in [0.2, 0.25) is 10.0 Å². The van der Waals surface area contributed by atoms with Gasteiger partial charge in [-0.15, -0.1) is 0 Å². The van der Waals surface area contributed by atoms with Gasteiger partial charge in [0.05, 0.1) is 19.5 Å². The van der Waals surface area contributed by atoms with E-state index in [4.69, 9.17) is 27.9 Å². The molecule has 166 valence electrons. The van der Waals surface area contributed by atoms with Crippen molar-refractivity contribution in [1.29, 1.82) is 0 Å². The van der Waals surface area contributed by atoms with E-state index in [1.807, 2.05) is 30.3 Å². The highest BCUT2D eigenvalue weighted by Gasteiger charge is 2.31. The predicted molar refractivity (Wildman–Crippen MR) is 121 cm³/mol. The number of hydrogen-bond donors (Lipinski definition) is 1. The summed E-state index contributed by atoms with van der Waals surface area (Å²) in [6.07, 6.45) is 2.02. The van der Waals surface area contributed by atoms with Gasteiger partial charge in [0.2, 0.25) is 5.88 Å². The van der Waals surface area contributed by atoms with E-state index in [2.05, 4.69) is 20.0 Å². The highest BCUT2D eigenvalue weighted by atomic mass is 35.5. The molecular weight excluding hydrogens is 453 g/mol. The number of halogens is 2. The molecule has 0 fully saturated rings. The summed E-state index contributed by atoms with van der Waals surface area (Å²) in [6, 6.07) is 14.5. The fourth-order valence-electron chi connectivity index (χ4n) is 2.91. The molecule has 0 spiro atoms. The lowest BCUT2D eigenvalue weighted by Crippen LogP contribution is -2.50. The lowest BCUT2D eigenvalue weighted by molar-refractivity contribution is -0.146. The maximum absolute atomic E-state index is 12.4. The molecule has 0 bridgehead atoms. The summed E-state index contributed by atoms with van der Waals surface area (Å²) in [4.78, 5) is 32.5. The molecule has 1 heterocycles. The number of nitrogens with zero attached hydrogens (tertiary/aromatic N) is 2. The number of methoxy groups -OCH3 is 1. The number of carbonyl (C=O) groups is 2. The summed E-state index contributed by atoms with van der Waals surface area (Å²) >= 11 is 12.4. The molecule has 0 aliphatic carbocycles. The van der Waals surface area contributed by atoms with E-state index < -0.39 is 23.5 Å². The van der Waals surface area contributed by atoms with Crippen molar-refractivity contribution in [3.63, 3.8) is 0 Å². The number of aromatic nitrogens is 2. The molecule has 1 amide bonds. The Bertz CT molecular complexity index is 1100. The van der Waals surface area contributed by atoms with Crippen molar-refractivity contribution in [3.8, 4) is 5.88 Å². The summed E-state index contributed by atoms with van der Waals surface area (Å²) in [5, 5.41) is 3.68. The predicted octanol–water partition coefficient (Wildman–Crippen LogP) is 4.63. The van der Waals surface area contributed by atoms with Crippen molar-refractivity contribution in [3.05, 3.63) is 87.8 Å². The van der Waals surface area contributed by atoms with Crippen LogP contribution in [0, 0.1) is 0 Å². The van der Waals surface area contributed by atoms with Gasteiger partial charge in [-0.25, -0.2) is 14.8 Å². The molecule has 1 N–H and O–H groups in total. The Morgan fingerprint density at radius 2 is 1.69 bits per heavy atom. The van der Waals surface area contributed by atoms with Crippen LogP contribution in [-0.4, -0.2) is 34.5 Å². The van der Waals surface area contributed by atoms with Crippen molar-refractivity contribution >= 4 is 35.1 Å². The van der Waals surface area contributed by atoms with E-state index in [1.54, 1.807) is 18.2 Å². The van der Waals surface area contributed by atoms with Gasteiger partial charge in [0.1, 0.15) is 11.2 Å². The lowest BCUT2D eigenvalue weighted by Gasteiger charge is -2.23. The van der Waals surface area contributed by atoms with Crippen LogP contribution in [0.5, 0.6) is 5.88 Å². The number of rotatable bonds is 7. The molecule has 2 aromatic carbocycles. The van der Waals surface area contributed by atoms with Crippen LogP contribution in [-0.2, 0) is 9.53 Å². The van der Waals surface area contributed by atoms with Crippen molar-refractivity contribution in [2.24, 2.45) is 0 Å². The van der Waals surface area contributed by atoms with Gasteiger partial charge in [-0.1, -0.05) is 53.5 Å². The zero-order chi connectivity index (χ0) is 23.3. The van der Waals surface area contributed by atoms with E-state index in [0.29, 0.717) is 10.0 Å². The molecule has 3 rings (SSSR count). The molecule has 0 aliphatic heterocycles. The van der Waals surface area contributed by atoms with Gasteiger partial charge in [0.15, 0.2) is 6.10 Å². The first-order valence-electron chi connectivity index (χ1n) is 9.61. The molecule has 0 saturated heterocycles. The van der Waals surface area contributed by atoms with Crippen LogP contribution in [0.15, 0.2) is 60.9 Å². The quantitative estimate of drug-likeness (QED) is 0.502. The van der Waals surface area contributed by atoms with Crippen LogP contribution in [0.25, 0.3) is 0 Å². The van der Waals surface area contributed by atoms with Crippen LogP contribution in [0.3, 0.4) is 0 Å². The average Bonchev–Trinajstić information content (AvgIpc) is 2.78. The normalized spacial score (nSPS) is 12.0. The van der Waals surface area contributed by atoms with Crippen molar-refractivity contribution in [2.45, 2.75) is 25.5 Å². The largest absolute Gasteiger partial charge is 0.467 e. The summed E-state index contributed by atoms with van der Waals surface area (Å²) < 4.78 is 10.8. The first-order chi connectivity index (χ1) is 15.2. The molecule has 1 unspecified atom stereocenters. The Morgan fingerprint density at radius 3 is 2.28 bits per heavy atom. The van der Waals surface area contributed by atoms with E-state index in [9.17, 15) is 9.59 Å². The number of benzene rings is 2. The van der Waals surface area contributed by atoms with E-state index >= 15 is 0 Å². The van der Waals surface area contributed by atoms with Gasteiger partial charge in [-0.3, -0.25) is 4.79 Å². The van der Waals surface area contributed by atoms with Crippen LogP contribution < -0.4 is 10.1 Å². The maximum atomic E-state index is 12.4. The van der Waals surface area contributed by atoms with Crippen molar-refractivity contribution < 1.29 is 19.1 Å². The van der Waals surface area contributed by atoms with Gasteiger partial charge in [0, 0.05) is 15.6 Å². The number of amides is 1. The summed E-state index contributed by atoms with van der Waals surface area (Å²) in [7, 11) is 1.25. The number of nitrogens with one attached hydrogen (secondary N) is 1. The Morgan fingerprint density at radius 1 is 1.00 bits per heavy atom. The topological polar surface area (TPSA) is 90.4 Å². The highest BCUT2D eigenvalue weighted by molar-refractivity contribution is 6.31. The molecule has 3 aromatic rings. The van der Waals surface area contributed by atoms with Crippen LogP contribution in [0.4, 0.5) is 0 Å². The monoisotopic (exact) mass is 473 g/mol. The molecule has 32 heavy (non-hydrogen) atoms. The van der Waals surface area contributed by atoms with Crippen LogP contribution >= 0.6 is 23.2 Å². The Balaban J connectivity index is 1.83. The maximum Gasteiger partial charge on any atom is 0.330 e. The molecule has 0 saturated carbocycles. The smallest absolute Gasteiger partial charge is 0.330 e. The molecule has 1 aromatic heterocycles. The number of esters is 1. The molecular formula is C23H21Cl2N3O4. The molecule has 0 aliphatic rings. The SMILES string of the molecule is COC(=O)C(C)(C)NC(=O)c1cnc(OC(c2ccc(Cl)cc2)c2ccccc2Cl)cn1. The van der Waals surface area contributed by atoms with Gasteiger partial charge < -0.3 is 14.8 Å². The summed E-state index contributed by atoms with van der Waals surface area (Å²) in [5.74, 6) is -0.960. The Labute approximate surface area is 195 Å². The zero-order valence-corrected chi connectivity index (χ0v) is 19.1. The van der Waals surface area contributed by atoms with Gasteiger partial charge in [-0.2, -0.15) is 0 Å². The number of hydrogen-bond acceptors (Lipinski definition) is 6. The van der Waals surface area contributed by atoms with Crippen molar-refractivity contribution in [2.75, 3.05) is 7.11 Å². The molecule has 9 heteroatoms. The molecule has 0 radical (unpaired) electrons. The third-order valence-electron chi connectivity index (χ3n) is 4.58. The fourth-order valence-corrected chi connectivity index (χ4v) is 3.27. The first kappa shape index (κ1) is 23.5. The van der Waals surface area contributed by atoms with E-state index in [1.165, 1.54) is 33.4 Å². The van der Waals surface area contributed by atoms with E-state index in [-0.39, 0.29) is 11.6 Å². The summed E-state index contributed by atoms with van der Waals surface area (Å²) in [5.41, 5.74) is 0.355. The number of ether oxygens (including phenoxy) is 2. The zero-order valence-electron chi connectivity index (χ0n) is 17.6. The second-order valence-electron chi connectivity index (χ2n) is 7.38. The van der Waals surface area contributed by atoms with Crippen LogP contribution in [0.1, 0.15) is 41.6 Å². The van der Waals surface area contributed by atoms with Crippen molar-refractivity contribution in [1.82, 2.24) is 15.3 Å². The highest BCUT2D eigenvalue weighted by Crippen LogP contribution is 2.32. The Kier molecular flexibility index (Phi) is 7.33. The third-order valence-corrected chi connectivity index (χ3v) is 5.18. The Hall–Kier alpha value is -3.16. The minimum absolute atomic E-state index is 0.0233. The minimum atomic E-state index is -1.22. The molecule has 1 atom stereocenters. The lowest BCUT2D eigenvalue weighted by atomic mass is 10.0. The minimum Gasteiger partial charge on any atom is -0.467 e. The summed E-state index contributed by atoms with van der Waals surface area (Å²) in [6.45, 7) is 3.06. The first-order valence-corrected chi connectivity index (χ1v) is 10.4. The average molecular weight is 474 g/mol. The van der Waals surface area contributed by atoms with Gasteiger partial charge in [0.25, 0.3) is 5.91 Å². The standard InChI is InChI=1S/C23H21Cl2N3O4/c1-23(2,22(30)31-3)28-21(29)18-12-27-19(13-26-18)32-20(14-8-10-15(24)11-9-14)16-6-4-5-7-17(16)25/h4-13,20H,1-3H3,(H,28,29). The second kappa shape index (κ2) is 9.97. The van der Waals surface area contributed by atoms with Gasteiger partial charge in [-0.05, 0) is 37.6 Å². The fraction of sp³-hybridized carbons (Fsp3) is 0.217. The molecule has 7 nitrogen and oxygen atoms in total. The third kappa shape index (κ3) is 5.55. The van der Waals surface area contributed by atoms with Gasteiger partial charge >= 0.3 is 5.97 Å². The number of carbonyl (C=O) groups excluding carboxylic acids is 2.